The highest BCUT2D eigenvalue weighted by atomic mass is 16.5. The van der Waals surface area contributed by atoms with Gasteiger partial charge in [-0.3, -0.25) is 0 Å². The summed E-state index contributed by atoms with van der Waals surface area (Å²) in [7, 11) is 2.20. The average Bonchev–Trinajstić information content (AvgIpc) is 3.18. The number of aromatic nitrogens is 1. The third kappa shape index (κ3) is 4.62. The molecule has 0 aliphatic carbocycles. The molecule has 7 nitrogen and oxygen atoms in total. The Labute approximate surface area is 171 Å². The van der Waals surface area contributed by atoms with E-state index < -0.39 is 5.97 Å². The lowest BCUT2D eigenvalue weighted by Gasteiger charge is -2.41. The fourth-order valence-corrected chi connectivity index (χ4v) is 4.52. The maximum atomic E-state index is 11.8. The number of piperidine rings is 2. The number of hydrogen-bond acceptors (Lipinski definition) is 6. The van der Waals surface area contributed by atoms with Crippen molar-refractivity contribution in [2.45, 2.75) is 31.7 Å². The number of anilines is 1. The lowest BCUT2D eigenvalue weighted by molar-refractivity contribution is 0.0698. The van der Waals surface area contributed by atoms with Crippen molar-refractivity contribution in [2.75, 3.05) is 45.1 Å². The molecular weight excluding hydrogens is 368 g/mol. The van der Waals surface area contributed by atoms with E-state index in [9.17, 15) is 9.90 Å². The molecule has 2 aliphatic rings. The van der Waals surface area contributed by atoms with E-state index in [1.165, 1.54) is 25.9 Å². The van der Waals surface area contributed by atoms with Crippen molar-refractivity contribution >= 4 is 11.8 Å². The van der Waals surface area contributed by atoms with Gasteiger partial charge in [-0.2, -0.15) is 0 Å². The minimum atomic E-state index is -1.02. The second-order valence-electron chi connectivity index (χ2n) is 8.30. The van der Waals surface area contributed by atoms with Gasteiger partial charge in [-0.15, -0.1) is 0 Å². The van der Waals surface area contributed by atoms with E-state index in [1.807, 2.05) is 30.3 Å². The zero-order chi connectivity index (χ0) is 20.2. The second kappa shape index (κ2) is 8.97. The Kier molecular flexibility index (Phi) is 6.16. The SMILES string of the molecule is CN1CCC(N2CCC(CNc3noc(-c4ccccc4)c3C(=O)O)CC2)CC1. The molecule has 0 bridgehead atoms. The standard InChI is InChI=1S/C22H30N4O3/c1-25-11-9-18(10-12-25)26-13-7-16(8-14-26)15-23-21-19(22(27)28)20(29-24-21)17-5-3-2-4-6-17/h2-6,16,18H,7-15H2,1H3,(H,23,24)(H,27,28). The molecule has 2 saturated heterocycles. The number of carboxylic acids is 1. The first-order valence-electron chi connectivity index (χ1n) is 10.6. The molecule has 0 radical (unpaired) electrons. The highest BCUT2D eigenvalue weighted by molar-refractivity contribution is 5.99. The molecule has 2 aromatic rings. The summed E-state index contributed by atoms with van der Waals surface area (Å²) in [6.07, 6.45) is 4.79. The number of nitrogens with one attached hydrogen (secondary N) is 1. The lowest BCUT2D eigenvalue weighted by atomic mass is 9.93. The van der Waals surface area contributed by atoms with E-state index in [-0.39, 0.29) is 5.56 Å². The van der Waals surface area contributed by atoms with E-state index >= 15 is 0 Å². The molecule has 3 heterocycles. The summed E-state index contributed by atoms with van der Waals surface area (Å²) in [5.74, 6) is 0.132. The molecule has 0 amide bonds. The first kappa shape index (κ1) is 19.9. The molecule has 1 aromatic carbocycles. The highest BCUT2D eigenvalue weighted by Gasteiger charge is 2.28. The zero-order valence-corrected chi connectivity index (χ0v) is 17.0. The van der Waals surface area contributed by atoms with Gasteiger partial charge in [-0.25, -0.2) is 4.79 Å². The Bertz CT molecular complexity index is 807. The molecule has 2 aliphatic heterocycles. The quantitative estimate of drug-likeness (QED) is 0.773. The Morgan fingerprint density at radius 3 is 2.48 bits per heavy atom. The van der Waals surface area contributed by atoms with Crippen LogP contribution in [-0.2, 0) is 0 Å². The van der Waals surface area contributed by atoms with Crippen LogP contribution < -0.4 is 5.32 Å². The van der Waals surface area contributed by atoms with Crippen LogP contribution in [0.3, 0.4) is 0 Å². The summed E-state index contributed by atoms with van der Waals surface area (Å²) in [5.41, 5.74) is 0.830. The lowest BCUT2D eigenvalue weighted by Crippen LogP contribution is -2.47. The number of likely N-dealkylation sites (tertiary alicyclic amines) is 2. The molecule has 0 atom stereocenters. The number of aromatic carboxylic acids is 1. The van der Waals surface area contributed by atoms with E-state index in [2.05, 4.69) is 27.3 Å². The predicted molar refractivity (Wildman–Crippen MR) is 112 cm³/mol. The van der Waals surface area contributed by atoms with E-state index in [0.717, 1.165) is 44.1 Å². The van der Waals surface area contributed by atoms with Crippen LogP contribution in [-0.4, -0.2) is 71.8 Å². The normalized spacial score (nSPS) is 20.0. The maximum absolute atomic E-state index is 11.8. The van der Waals surface area contributed by atoms with Crippen molar-refractivity contribution in [2.24, 2.45) is 5.92 Å². The molecule has 29 heavy (non-hydrogen) atoms. The third-order valence-corrected chi connectivity index (χ3v) is 6.35. The number of benzene rings is 1. The number of carboxylic acid groups (broad SMARTS) is 1. The summed E-state index contributed by atoms with van der Waals surface area (Å²) >= 11 is 0. The molecule has 156 valence electrons. The Balaban J connectivity index is 1.33. The highest BCUT2D eigenvalue weighted by Crippen LogP contribution is 2.30. The van der Waals surface area contributed by atoms with Crippen molar-refractivity contribution in [3.63, 3.8) is 0 Å². The van der Waals surface area contributed by atoms with Crippen LogP contribution in [0.2, 0.25) is 0 Å². The van der Waals surface area contributed by atoms with Crippen molar-refractivity contribution in [3.05, 3.63) is 35.9 Å². The number of nitrogens with zero attached hydrogens (tertiary/aromatic N) is 3. The summed E-state index contributed by atoms with van der Waals surface area (Å²) in [6, 6.07) is 9.98. The van der Waals surface area contributed by atoms with E-state index in [0.29, 0.717) is 17.5 Å². The monoisotopic (exact) mass is 398 g/mol. The Morgan fingerprint density at radius 1 is 1.14 bits per heavy atom. The van der Waals surface area contributed by atoms with Gasteiger partial charge in [0, 0.05) is 18.2 Å². The molecule has 1 aromatic heterocycles. The van der Waals surface area contributed by atoms with Crippen molar-refractivity contribution in [3.8, 4) is 11.3 Å². The number of carbonyl (C=O) groups is 1. The van der Waals surface area contributed by atoms with Crippen molar-refractivity contribution in [1.82, 2.24) is 15.0 Å². The van der Waals surface area contributed by atoms with Crippen LogP contribution in [0, 0.1) is 5.92 Å². The molecule has 0 spiro atoms. The number of rotatable bonds is 6. The molecule has 7 heteroatoms. The molecule has 2 N–H and O–H groups in total. The maximum Gasteiger partial charge on any atom is 0.343 e. The summed E-state index contributed by atoms with van der Waals surface area (Å²) in [6.45, 7) is 5.36. The van der Waals surface area contributed by atoms with Crippen LogP contribution in [0.1, 0.15) is 36.0 Å². The first-order valence-corrected chi connectivity index (χ1v) is 10.6. The summed E-state index contributed by atoms with van der Waals surface area (Å²) in [4.78, 5) is 16.9. The van der Waals surface area contributed by atoms with Crippen LogP contribution in [0.15, 0.2) is 34.9 Å². The third-order valence-electron chi connectivity index (χ3n) is 6.35. The molecule has 0 unspecified atom stereocenters. The topological polar surface area (TPSA) is 81.8 Å². The fourth-order valence-electron chi connectivity index (χ4n) is 4.52. The molecule has 2 fully saturated rings. The zero-order valence-electron chi connectivity index (χ0n) is 17.0. The minimum absolute atomic E-state index is 0.111. The van der Waals surface area contributed by atoms with Gasteiger partial charge in [-0.05, 0) is 64.8 Å². The largest absolute Gasteiger partial charge is 0.477 e. The summed E-state index contributed by atoms with van der Waals surface area (Å²) < 4.78 is 5.38. The van der Waals surface area contributed by atoms with Gasteiger partial charge in [0.15, 0.2) is 17.1 Å². The van der Waals surface area contributed by atoms with E-state index in [4.69, 9.17) is 4.52 Å². The molecule has 4 rings (SSSR count). The van der Waals surface area contributed by atoms with Gasteiger partial charge in [-0.1, -0.05) is 35.5 Å². The Morgan fingerprint density at radius 2 is 1.83 bits per heavy atom. The van der Waals surface area contributed by atoms with Gasteiger partial charge in [0.2, 0.25) is 0 Å². The van der Waals surface area contributed by atoms with Crippen LogP contribution in [0.25, 0.3) is 11.3 Å². The van der Waals surface area contributed by atoms with Gasteiger partial charge < -0.3 is 24.7 Å². The van der Waals surface area contributed by atoms with Gasteiger partial charge in [0.1, 0.15) is 0 Å². The van der Waals surface area contributed by atoms with Crippen molar-refractivity contribution in [1.29, 1.82) is 0 Å². The van der Waals surface area contributed by atoms with E-state index in [1.54, 1.807) is 0 Å². The smallest absolute Gasteiger partial charge is 0.343 e. The van der Waals surface area contributed by atoms with Gasteiger partial charge in [0.25, 0.3) is 0 Å². The first-order chi connectivity index (χ1) is 14.1. The average molecular weight is 399 g/mol. The van der Waals surface area contributed by atoms with Crippen molar-refractivity contribution < 1.29 is 14.4 Å². The number of hydrogen-bond donors (Lipinski definition) is 2. The molecule has 0 saturated carbocycles. The Hall–Kier alpha value is -2.38. The predicted octanol–water partition coefficient (Wildman–Crippen LogP) is 3.26. The van der Waals surface area contributed by atoms with Crippen LogP contribution in [0.4, 0.5) is 5.82 Å². The second-order valence-corrected chi connectivity index (χ2v) is 8.30. The minimum Gasteiger partial charge on any atom is -0.477 e. The van der Waals surface area contributed by atoms with Crippen LogP contribution in [0.5, 0.6) is 0 Å². The van der Waals surface area contributed by atoms with Gasteiger partial charge in [0.05, 0.1) is 0 Å². The fraction of sp³-hybridized carbons (Fsp3) is 0.545. The summed E-state index contributed by atoms with van der Waals surface area (Å²) in [5, 5.41) is 16.9. The van der Waals surface area contributed by atoms with Crippen LogP contribution >= 0.6 is 0 Å². The molecular formula is C22H30N4O3. The van der Waals surface area contributed by atoms with Gasteiger partial charge >= 0.3 is 5.97 Å².